The third kappa shape index (κ3) is 3.46. The van der Waals surface area contributed by atoms with Crippen LogP contribution in [0.5, 0.6) is 0 Å². The Morgan fingerprint density at radius 2 is 2.10 bits per heavy atom. The molecule has 1 aliphatic heterocycles. The van der Waals surface area contributed by atoms with E-state index in [9.17, 15) is 9.90 Å². The topological polar surface area (TPSA) is 58.4 Å². The van der Waals surface area contributed by atoms with E-state index in [4.69, 9.17) is 0 Å². The van der Waals surface area contributed by atoms with Gasteiger partial charge >= 0.3 is 5.97 Å². The second-order valence-corrected chi connectivity index (χ2v) is 6.50. The number of piperidine rings is 1. The molecule has 0 aliphatic carbocycles. The first-order chi connectivity index (χ1) is 9.98. The van der Waals surface area contributed by atoms with Crippen LogP contribution in [0.3, 0.4) is 0 Å². The Morgan fingerprint density at radius 3 is 2.62 bits per heavy atom. The fourth-order valence-corrected chi connectivity index (χ4v) is 3.34. The lowest BCUT2D eigenvalue weighted by atomic mass is 9.75. The molecule has 0 amide bonds. The maximum absolute atomic E-state index is 11.6. The molecule has 2 rings (SSSR count). The van der Waals surface area contributed by atoms with Gasteiger partial charge in [-0.05, 0) is 46.2 Å². The lowest BCUT2D eigenvalue weighted by Gasteiger charge is -2.39. The van der Waals surface area contributed by atoms with Gasteiger partial charge in [0, 0.05) is 18.8 Å². The number of carboxylic acid groups (broad SMARTS) is 1. The summed E-state index contributed by atoms with van der Waals surface area (Å²) in [5, 5.41) is 9.55. The highest BCUT2D eigenvalue weighted by molar-refractivity contribution is 5.74. The molecule has 1 aliphatic rings. The number of hydrogen-bond acceptors (Lipinski definition) is 3. The van der Waals surface area contributed by atoms with E-state index in [-0.39, 0.29) is 0 Å². The average Bonchev–Trinajstić information content (AvgIpc) is 2.89. The molecule has 0 saturated carbocycles. The Kier molecular flexibility index (Phi) is 5.04. The molecule has 5 nitrogen and oxygen atoms in total. The van der Waals surface area contributed by atoms with E-state index in [2.05, 4.69) is 35.2 Å². The third-order valence-electron chi connectivity index (χ3n) is 4.68. The van der Waals surface area contributed by atoms with E-state index < -0.39 is 11.4 Å². The van der Waals surface area contributed by atoms with Gasteiger partial charge in [-0.15, -0.1) is 0 Å². The number of rotatable bonds is 6. The predicted octanol–water partition coefficient (Wildman–Crippen LogP) is 2.93. The molecular formula is C16H27N3O2. The van der Waals surface area contributed by atoms with Crippen LogP contribution in [0.2, 0.25) is 0 Å². The van der Waals surface area contributed by atoms with Gasteiger partial charge in [0.05, 0.1) is 17.4 Å². The van der Waals surface area contributed by atoms with E-state index in [0.29, 0.717) is 6.04 Å². The van der Waals surface area contributed by atoms with Crippen molar-refractivity contribution in [1.82, 2.24) is 14.5 Å². The average molecular weight is 293 g/mol. The molecule has 0 atom stereocenters. The van der Waals surface area contributed by atoms with Crippen LogP contribution < -0.4 is 0 Å². The van der Waals surface area contributed by atoms with Gasteiger partial charge in [0.15, 0.2) is 0 Å². The molecule has 0 bridgehead atoms. The predicted molar refractivity (Wildman–Crippen MR) is 82.1 cm³/mol. The molecule has 0 radical (unpaired) electrons. The summed E-state index contributed by atoms with van der Waals surface area (Å²) in [4.78, 5) is 18.2. The van der Waals surface area contributed by atoms with Gasteiger partial charge in [-0.25, -0.2) is 4.98 Å². The second-order valence-electron chi connectivity index (χ2n) is 6.50. The molecular weight excluding hydrogens is 266 g/mol. The first kappa shape index (κ1) is 16.0. The van der Waals surface area contributed by atoms with Crippen LogP contribution in [-0.2, 0) is 11.3 Å². The van der Waals surface area contributed by atoms with Crippen molar-refractivity contribution in [3.05, 3.63) is 18.2 Å². The quantitative estimate of drug-likeness (QED) is 0.876. The highest BCUT2D eigenvalue weighted by Gasteiger charge is 2.40. The first-order valence-electron chi connectivity index (χ1n) is 7.95. The monoisotopic (exact) mass is 293 g/mol. The van der Waals surface area contributed by atoms with Gasteiger partial charge < -0.3 is 9.67 Å². The number of carboxylic acids is 1. The van der Waals surface area contributed by atoms with Gasteiger partial charge in [-0.1, -0.05) is 13.3 Å². The molecule has 1 N–H and O–H groups in total. The minimum Gasteiger partial charge on any atom is -0.481 e. The second kappa shape index (κ2) is 6.60. The van der Waals surface area contributed by atoms with Crippen LogP contribution in [0.4, 0.5) is 0 Å². The molecule has 1 aromatic heterocycles. The number of aliphatic carboxylic acids is 1. The van der Waals surface area contributed by atoms with Crippen LogP contribution in [0, 0.1) is 5.41 Å². The fraction of sp³-hybridized carbons (Fsp3) is 0.750. The Bertz CT molecular complexity index is 474. The summed E-state index contributed by atoms with van der Waals surface area (Å²) in [6.45, 7) is 8.94. The Hall–Kier alpha value is -1.36. The molecule has 1 saturated heterocycles. The minimum absolute atomic E-state index is 0.408. The summed E-state index contributed by atoms with van der Waals surface area (Å²) in [6, 6.07) is 0.408. The van der Waals surface area contributed by atoms with E-state index in [0.717, 1.165) is 45.3 Å². The molecule has 1 fully saturated rings. The summed E-state index contributed by atoms with van der Waals surface area (Å²) < 4.78 is 2.19. The summed E-state index contributed by atoms with van der Waals surface area (Å²) in [6.07, 6.45) is 7.04. The van der Waals surface area contributed by atoms with E-state index in [1.807, 2.05) is 12.5 Å². The van der Waals surface area contributed by atoms with Gasteiger partial charge in [-0.2, -0.15) is 0 Å². The van der Waals surface area contributed by atoms with Crippen LogP contribution in [-0.4, -0.2) is 38.6 Å². The SMILES string of the molecule is CCCC1(C(=O)O)CCN(Cc2cncn2C(C)C)CC1. The zero-order valence-electron chi connectivity index (χ0n) is 13.4. The molecule has 0 spiro atoms. The molecule has 0 aromatic carbocycles. The van der Waals surface area contributed by atoms with Crippen molar-refractivity contribution in [1.29, 1.82) is 0 Å². The van der Waals surface area contributed by atoms with Crippen LogP contribution in [0.15, 0.2) is 12.5 Å². The standard InChI is InChI=1S/C16H27N3O2/c1-4-5-16(15(20)21)6-8-18(9-7-16)11-14-10-17-12-19(14)13(2)3/h10,12-13H,4-9,11H2,1-3H3,(H,20,21). The number of likely N-dealkylation sites (tertiary alicyclic amines) is 1. The summed E-state index contributed by atoms with van der Waals surface area (Å²) >= 11 is 0. The lowest BCUT2D eigenvalue weighted by molar-refractivity contribution is -0.152. The Labute approximate surface area is 127 Å². The smallest absolute Gasteiger partial charge is 0.309 e. The van der Waals surface area contributed by atoms with Crippen LogP contribution in [0.25, 0.3) is 0 Å². The van der Waals surface area contributed by atoms with Gasteiger partial charge in [0.2, 0.25) is 0 Å². The zero-order chi connectivity index (χ0) is 15.5. The Morgan fingerprint density at radius 1 is 1.43 bits per heavy atom. The van der Waals surface area contributed by atoms with E-state index in [1.165, 1.54) is 5.69 Å². The number of aromatic nitrogens is 2. The zero-order valence-corrected chi connectivity index (χ0v) is 13.4. The maximum atomic E-state index is 11.6. The fourth-order valence-electron chi connectivity index (χ4n) is 3.34. The molecule has 118 valence electrons. The number of carbonyl (C=O) groups is 1. The lowest BCUT2D eigenvalue weighted by Crippen LogP contribution is -2.44. The highest BCUT2D eigenvalue weighted by Crippen LogP contribution is 2.36. The Balaban J connectivity index is 1.97. The molecule has 5 heteroatoms. The normalized spacial score (nSPS) is 19.0. The molecule has 21 heavy (non-hydrogen) atoms. The van der Waals surface area contributed by atoms with E-state index >= 15 is 0 Å². The summed E-state index contributed by atoms with van der Waals surface area (Å²) in [5.41, 5.74) is 0.715. The molecule has 0 unspecified atom stereocenters. The van der Waals surface area contributed by atoms with Gasteiger partial charge in [-0.3, -0.25) is 9.69 Å². The minimum atomic E-state index is -0.615. The van der Waals surface area contributed by atoms with E-state index in [1.54, 1.807) is 0 Å². The van der Waals surface area contributed by atoms with Crippen molar-refractivity contribution in [2.75, 3.05) is 13.1 Å². The number of nitrogens with zero attached hydrogens (tertiary/aromatic N) is 3. The van der Waals surface area contributed by atoms with Crippen LogP contribution in [0.1, 0.15) is 58.2 Å². The van der Waals surface area contributed by atoms with Crippen molar-refractivity contribution in [3.8, 4) is 0 Å². The van der Waals surface area contributed by atoms with Crippen molar-refractivity contribution in [2.24, 2.45) is 5.41 Å². The molecule has 1 aromatic rings. The summed E-state index contributed by atoms with van der Waals surface area (Å²) in [7, 11) is 0. The van der Waals surface area contributed by atoms with Gasteiger partial charge in [0.1, 0.15) is 0 Å². The van der Waals surface area contributed by atoms with Crippen molar-refractivity contribution in [3.63, 3.8) is 0 Å². The van der Waals surface area contributed by atoms with Crippen LogP contribution >= 0.6 is 0 Å². The van der Waals surface area contributed by atoms with Crippen molar-refractivity contribution >= 4 is 5.97 Å². The summed E-state index contributed by atoms with van der Waals surface area (Å²) in [5.74, 6) is -0.615. The highest BCUT2D eigenvalue weighted by atomic mass is 16.4. The molecule has 2 heterocycles. The van der Waals surface area contributed by atoms with Gasteiger partial charge in [0.25, 0.3) is 0 Å². The largest absolute Gasteiger partial charge is 0.481 e. The van der Waals surface area contributed by atoms with Crippen molar-refractivity contribution in [2.45, 2.75) is 59.0 Å². The third-order valence-corrected chi connectivity index (χ3v) is 4.68. The number of imidazole rings is 1. The first-order valence-corrected chi connectivity index (χ1v) is 7.95. The maximum Gasteiger partial charge on any atom is 0.309 e. The van der Waals surface area contributed by atoms with Crippen molar-refractivity contribution < 1.29 is 9.90 Å². The number of hydrogen-bond donors (Lipinski definition) is 1.